The zero-order valence-electron chi connectivity index (χ0n) is 18.8. The van der Waals surface area contributed by atoms with Crippen molar-refractivity contribution in [1.29, 1.82) is 0 Å². The van der Waals surface area contributed by atoms with Crippen LogP contribution in [0.3, 0.4) is 0 Å². The van der Waals surface area contributed by atoms with Gasteiger partial charge in [-0.05, 0) is 65.2 Å². The van der Waals surface area contributed by atoms with Crippen molar-refractivity contribution in [2.75, 3.05) is 10.8 Å². The van der Waals surface area contributed by atoms with Gasteiger partial charge >= 0.3 is 5.97 Å². The number of aromatic nitrogens is 1. The van der Waals surface area contributed by atoms with Crippen LogP contribution >= 0.6 is 23.2 Å². The molecule has 0 saturated carbocycles. The standard InChI is InChI=1S/C26H20Cl2N2O5S/c27-19-13-20(28)15-22(14-19)36(34,35)30(16-26(32)33)21-5-6-23-18(12-21)2-1-3-24(23)25(31)7-4-17-8-10-29-11-9-17/h1-3,5-6,8-15H,4,7,16H2,(H,32,33). The summed E-state index contributed by atoms with van der Waals surface area (Å²) in [6, 6.07) is 17.3. The van der Waals surface area contributed by atoms with Crippen molar-refractivity contribution in [1.82, 2.24) is 4.98 Å². The fourth-order valence-electron chi connectivity index (χ4n) is 3.85. The van der Waals surface area contributed by atoms with Gasteiger partial charge in [0.05, 0.1) is 10.6 Å². The summed E-state index contributed by atoms with van der Waals surface area (Å²) in [5.41, 5.74) is 1.63. The SMILES string of the molecule is O=C(O)CN(c1ccc2c(C(=O)CCc3ccncc3)cccc2c1)S(=O)(=O)c1cc(Cl)cc(Cl)c1. The van der Waals surface area contributed by atoms with E-state index in [1.807, 2.05) is 12.1 Å². The number of fused-ring (bicyclic) bond motifs is 1. The Morgan fingerprint density at radius 3 is 2.28 bits per heavy atom. The molecule has 0 atom stereocenters. The summed E-state index contributed by atoms with van der Waals surface area (Å²) in [6.07, 6.45) is 4.20. The highest BCUT2D eigenvalue weighted by Gasteiger charge is 2.28. The molecular weight excluding hydrogens is 523 g/mol. The Hall–Kier alpha value is -3.46. The summed E-state index contributed by atoms with van der Waals surface area (Å²) >= 11 is 12.0. The van der Waals surface area contributed by atoms with Crippen LogP contribution in [0.2, 0.25) is 10.0 Å². The van der Waals surface area contributed by atoms with Gasteiger partial charge in [0.2, 0.25) is 0 Å². The van der Waals surface area contributed by atoms with Gasteiger partial charge in [-0.2, -0.15) is 0 Å². The second-order valence-corrected chi connectivity index (χ2v) is 10.7. The van der Waals surface area contributed by atoms with Gasteiger partial charge in [0.25, 0.3) is 10.0 Å². The number of carbonyl (C=O) groups is 2. The lowest BCUT2D eigenvalue weighted by Gasteiger charge is -2.23. The molecule has 7 nitrogen and oxygen atoms in total. The van der Waals surface area contributed by atoms with Gasteiger partial charge in [-0.25, -0.2) is 8.42 Å². The number of halogens is 2. The molecule has 1 N–H and O–H groups in total. The lowest BCUT2D eigenvalue weighted by atomic mass is 9.97. The number of aryl methyl sites for hydroxylation is 1. The van der Waals surface area contributed by atoms with E-state index in [0.29, 0.717) is 29.2 Å². The van der Waals surface area contributed by atoms with Crippen LogP contribution in [0.15, 0.2) is 84.0 Å². The van der Waals surface area contributed by atoms with Crippen molar-refractivity contribution in [3.05, 3.63) is 100 Å². The molecule has 4 rings (SSSR count). The topological polar surface area (TPSA) is 105 Å². The van der Waals surface area contributed by atoms with E-state index in [1.54, 1.807) is 42.7 Å². The third-order valence-corrected chi connectivity index (χ3v) is 7.73. The molecule has 0 fully saturated rings. The molecule has 36 heavy (non-hydrogen) atoms. The summed E-state index contributed by atoms with van der Waals surface area (Å²) in [4.78, 5) is 28.3. The number of carboxylic acids is 1. The Morgan fingerprint density at radius 2 is 1.61 bits per heavy atom. The Kier molecular flexibility index (Phi) is 7.59. The van der Waals surface area contributed by atoms with E-state index in [2.05, 4.69) is 4.98 Å². The number of carbonyl (C=O) groups excluding carboxylic acids is 1. The van der Waals surface area contributed by atoms with Crippen LogP contribution < -0.4 is 4.31 Å². The zero-order chi connectivity index (χ0) is 25.9. The van der Waals surface area contributed by atoms with Gasteiger partial charge in [-0.3, -0.25) is 18.9 Å². The van der Waals surface area contributed by atoms with Gasteiger partial charge in [0, 0.05) is 34.4 Å². The third-order valence-electron chi connectivity index (χ3n) is 5.55. The van der Waals surface area contributed by atoms with Crippen LogP contribution in [-0.2, 0) is 21.2 Å². The minimum atomic E-state index is -4.32. The van der Waals surface area contributed by atoms with Gasteiger partial charge in [-0.15, -0.1) is 0 Å². The van der Waals surface area contributed by atoms with Gasteiger partial charge in [0.1, 0.15) is 6.54 Å². The smallest absolute Gasteiger partial charge is 0.324 e. The van der Waals surface area contributed by atoms with Gasteiger partial charge in [-0.1, -0.05) is 47.5 Å². The maximum atomic E-state index is 13.4. The zero-order valence-corrected chi connectivity index (χ0v) is 21.1. The van der Waals surface area contributed by atoms with Crippen LogP contribution in [-0.4, -0.2) is 36.8 Å². The quantitative estimate of drug-likeness (QED) is 0.274. The number of sulfonamides is 1. The number of anilines is 1. The number of benzene rings is 3. The van der Waals surface area contributed by atoms with E-state index in [9.17, 15) is 23.1 Å². The van der Waals surface area contributed by atoms with Crippen LogP contribution in [0.4, 0.5) is 5.69 Å². The summed E-state index contributed by atoms with van der Waals surface area (Å²) < 4.78 is 27.6. The maximum Gasteiger partial charge on any atom is 0.324 e. The molecule has 4 aromatic rings. The fraction of sp³-hybridized carbons (Fsp3) is 0.115. The van der Waals surface area contributed by atoms with Crippen molar-refractivity contribution in [2.24, 2.45) is 0 Å². The van der Waals surface area contributed by atoms with Crippen LogP contribution in [0, 0.1) is 0 Å². The summed E-state index contributed by atoms with van der Waals surface area (Å²) in [5.74, 6) is -1.40. The first-order chi connectivity index (χ1) is 17.1. The molecule has 0 amide bonds. The van der Waals surface area contributed by atoms with E-state index < -0.39 is 22.5 Å². The third kappa shape index (κ3) is 5.67. The second kappa shape index (κ2) is 10.7. The molecule has 184 valence electrons. The molecule has 0 bridgehead atoms. The van der Waals surface area contributed by atoms with Gasteiger partial charge in [0.15, 0.2) is 5.78 Å². The first kappa shape index (κ1) is 25.6. The molecule has 0 saturated heterocycles. The molecule has 0 aliphatic heterocycles. The number of aliphatic carboxylic acids is 1. The van der Waals surface area contributed by atoms with Crippen LogP contribution in [0.5, 0.6) is 0 Å². The Labute approximate surface area is 218 Å². The fourth-order valence-corrected chi connectivity index (χ4v) is 5.99. The highest BCUT2D eigenvalue weighted by atomic mass is 35.5. The molecule has 0 radical (unpaired) electrons. The first-order valence-corrected chi connectivity index (χ1v) is 13.0. The van der Waals surface area contributed by atoms with Crippen molar-refractivity contribution in [3.63, 3.8) is 0 Å². The molecular formula is C26H20Cl2N2O5S. The lowest BCUT2D eigenvalue weighted by Crippen LogP contribution is -2.35. The van der Waals surface area contributed by atoms with Crippen molar-refractivity contribution >= 4 is 61.4 Å². The number of pyridine rings is 1. The average molecular weight is 543 g/mol. The summed E-state index contributed by atoms with van der Waals surface area (Å²) in [5, 5.41) is 10.9. The maximum absolute atomic E-state index is 13.4. The van der Waals surface area contributed by atoms with E-state index in [4.69, 9.17) is 23.2 Å². The van der Waals surface area contributed by atoms with E-state index in [1.165, 1.54) is 24.3 Å². The monoisotopic (exact) mass is 542 g/mol. The predicted molar refractivity (Wildman–Crippen MR) is 139 cm³/mol. The van der Waals surface area contributed by atoms with E-state index >= 15 is 0 Å². The molecule has 1 heterocycles. The molecule has 10 heteroatoms. The molecule has 3 aromatic carbocycles. The highest BCUT2D eigenvalue weighted by molar-refractivity contribution is 7.92. The normalized spacial score (nSPS) is 11.4. The van der Waals surface area contributed by atoms with Crippen molar-refractivity contribution in [3.8, 4) is 0 Å². The Bertz CT molecular complexity index is 1540. The molecule has 0 spiro atoms. The largest absolute Gasteiger partial charge is 0.480 e. The number of ketones is 1. The van der Waals surface area contributed by atoms with E-state index in [0.717, 1.165) is 9.87 Å². The van der Waals surface area contributed by atoms with Crippen LogP contribution in [0.1, 0.15) is 22.3 Å². The second-order valence-electron chi connectivity index (χ2n) is 8.00. The predicted octanol–water partition coefficient (Wildman–Crippen LogP) is 5.64. The molecule has 0 aliphatic carbocycles. The number of nitrogens with zero attached hydrogens (tertiary/aromatic N) is 2. The first-order valence-electron chi connectivity index (χ1n) is 10.8. The number of carboxylic acid groups (broad SMARTS) is 1. The number of hydrogen-bond acceptors (Lipinski definition) is 5. The number of rotatable bonds is 9. The number of Topliss-reactive ketones (excluding diaryl/α,β-unsaturated/α-hetero) is 1. The van der Waals surface area contributed by atoms with Gasteiger partial charge < -0.3 is 5.11 Å². The minimum Gasteiger partial charge on any atom is -0.480 e. The Morgan fingerprint density at radius 1 is 0.917 bits per heavy atom. The molecule has 0 aliphatic rings. The van der Waals surface area contributed by atoms with Crippen LogP contribution in [0.25, 0.3) is 10.8 Å². The minimum absolute atomic E-state index is 0.0613. The number of hydrogen-bond donors (Lipinski definition) is 1. The molecule has 1 aromatic heterocycles. The van der Waals surface area contributed by atoms with Crippen molar-refractivity contribution < 1.29 is 23.1 Å². The highest BCUT2D eigenvalue weighted by Crippen LogP contribution is 2.31. The lowest BCUT2D eigenvalue weighted by molar-refractivity contribution is -0.135. The Balaban J connectivity index is 1.70. The summed E-state index contributed by atoms with van der Waals surface area (Å²) in [7, 11) is -4.32. The van der Waals surface area contributed by atoms with Crippen molar-refractivity contribution in [2.45, 2.75) is 17.7 Å². The van der Waals surface area contributed by atoms with E-state index in [-0.39, 0.29) is 26.4 Å². The average Bonchev–Trinajstić information content (AvgIpc) is 2.85. The molecule has 0 unspecified atom stereocenters. The summed E-state index contributed by atoms with van der Waals surface area (Å²) in [6.45, 7) is -0.817.